The molecule has 1 saturated heterocycles. The number of aliphatic carboxylic acids is 1. The lowest BCUT2D eigenvalue weighted by atomic mass is 10.0. The second-order valence-corrected chi connectivity index (χ2v) is 9.72. The molecule has 0 aliphatic carbocycles. The number of carboxylic acid groups (broad SMARTS) is 1. The molecular formula is C21H19N6O6S2+. The SMILES string of the molecule is CO/N=C(\C(=O)NC1C(=O)N2C(C(=O)O)=C(C[n+]3ccc4sccc4c3)CS[C@H]12)c1coc(N)n1. The number of thioether (sulfide) groups is 1. The third kappa shape index (κ3) is 4.10. The van der Waals surface area contributed by atoms with Crippen molar-refractivity contribution < 1.29 is 33.3 Å². The molecule has 1 unspecified atom stereocenters. The van der Waals surface area contributed by atoms with Gasteiger partial charge in [0.1, 0.15) is 36.2 Å². The summed E-state index contributed by atoms with van der Waals surface area (Å²) in [5, 5.41) is 18.6. The molecule has 180 valence electrons. The minimum atomic E-state index is -1.19. The number of fused-ring (bicyclic) bond motifs is 2. The highest BCUT2D eigenvalue weighted by Gasteiger charge is 2.54. The summed E-state index contributed by atoms with van der Waals surface area (Å²) in [6.07, 6.45) is 4.97. The molecule has 2 aliphatic rings. The second kappa shape index (κ2) is 9.03. The quantitative estimate of drug-likeness (QED) is 0.176. The van der Waals surface area contributed by atoms with Crippen molar-refractivity contribution >= 4 is 62.7 Å². The van der Waals surface area contributed by atoms with Gasteiger partial charge >= 0.3 is 5.97 Å². The number of β-lactam (4-membered cyclic amide) rings is 1. The number of nitrogen functional groups attached to an aromatic ring is 1. The number of anilines is 1. The average Bonchev–Trinajstić information content (AvgIpc) is 3.48. The Labute approximate surface area is 206 Å². The molecule has 4 N–H and O–H groups in total. The highest BCUT2D eigenvalue weighted by Crippen LogP contribution is 2.40. The smallest absolute Gasteiger partial charge is 0.352 e. The fraction of sp³-hybridized carbons (Fsp3) is 0.238. The van der Waals surface area contributed by atoms with E-state index in [1.54, 1.807) is 11.3 Å². The summed E-state index contributed by atoms with van der Waals surface area (Å²) in [7, 11) is 1.25. The van der Waals surface area contributed by atoms with Crippen molar-refractivity contribution in [1.82, 2.24) is 15.2 Å². The maximum absolute atomic E-state index is 13.0. The molecular weight excluding hydrogens is 496 g/mol. The van der Waals surface area contributed by atoms with Gasteiger partial charge in [-0.15, -0.1) is 23.1 Å². The van der Waals surface area contributed by atoms with E-state index in [4.69, 9.17) is 15.0 Å². The molecule has 1 fully saturated rings. The van der Waals surface area contributed by atoms with Gasteiger partial charge in [-0.1, -0.05) is 5.16 Å². The van der Waals surface area contributed by atoms with Gasteiger partial charge in [-0.05, 0) is 11.4 Å². The van der Waals surface area contributed by atoms with Crippen molar-refractivity contribution in [2.75, 3.05) is 18.6 Å². The first-order valence-electron chi connectivity index (χ1n) is 10.3. The monoisotopic (exact) mass is 515 g/mol. The first-order valence-corrected chi connectivity index (χ1v) is 12.2. The lowest BCUT2D eigenvalue weighted by molar-refractivity contribution is -0.687. The van der Waals surface area contributed by atoms with Gasteiger partial charge in [0.05, 0.1) is 5.39 Å². The summed E-state index contributed by atoms with van der Waals surface area (Å²) < 4.78 is 7.94. The Morgan fingerprint density at radius 2 is 2.29 bits per heavy atom. The number of carbonyl (C=O) groups is 3. The summed E-state index contributed by atoms with van der Waals surface area (Å²) in [5.41, 5.74) is 5.82. The number of amides is 2. The molecule has 0 spiro atoms. The maximum atomic E-state index is 13.0. The number of nitrogens with one attached hydrogen (secondary N) is 1. The normalized spacial score (nSPS) is 20.0. The molecule has 0 saturated carbocycles. The zero-order valence-electron chi connectivity index (χ0n) is 18.2. The van der Waals surface area contributed by atoms with Gasteiger partial charge in [0.15, 0.2) is 24.7 Å². The summed E-state index contributed by atoms with van der Waals surface area (Å²) in [4.78, 5) is 47.7. The first-order chi connectivity index (χ1) is 16.9. The van der Waals surface area contributed by atoms with Crippen LogP contribution in [0, 0.1) is 0 Å². The standard InChI is InChI=1S/C21H18N6O6S2/c1-32-25-14(12-8-33-21(22)23-12)17(28)24-15-18(29)27-16(20(30)31)11(9-35-19(15)27)7-26-4-2-13-10(6-26)3-5-34-13/h2-6,8,15,19H,7,9H2,1H3,(H3-,22,23,24,28,30,31)/p+1/b25-14-/t15?,19-/m1/s1. The number of nitrogens with zero attached hydrogens (tertiary/aromatic N) is 4. The molecule has 12 nitrogen and oxygen atoms in total. The number of rotatable bonds is 7. The van der Waals surface area contributed by atoms with Gasteiger partial charge in [-0.25, -0.2) is 9.36 Å². The summed E-state index contributed by atoms with van der Waals surface area (Å²) in [6, 6.07) is 2.87. The van der Waals surface area contributed by atoms with Crippen molar-refractivity contribution in [1.29, 1.82) is 0 Å². The summed E-state index contributed by atoms with van der Waals surface area (Å²) in [6.45, 7) is 0.326. The lowest BCUT2D eigenvalue weighted by Gasteiger charge is -2.49. The molecule has 3 aromatic rings. The van der Waals surface area contributed by atoms with E-state index < -0.39 is 29.2 Å². The number of thiophene rings is 1. The van der Waals surface area contributed by atoms with Gasteiger partial charge in [0, 0.05) is 22.1 Å². The van der Waals surface area contributed by atoms with Gasteiger partial charge in [-0.3, -0.25) is 14.5 Å². The van der Waals surface area contributed by atoms with Crippen LogP contribution in [0.1, 0.15) is 5.69 Å². The molecule has 2 aliphatic heterocycles. The molecule has 2 atom stereocenters. The molecule has 35 heavy (non-hydrogen) atoms. The zero-order valence-corrected chi connectivity index (χ0v) is 19.8. The molecule has 5 rings (SSSR count). The molecule has 5 heterocycles. The number of nitrogens with two attached hydrogens (primary N) is 1. The molecule has 3 aromatic heterocycles. The van der Waals surface area contributed by atoms with Crippen LogP contribution in [-0.2, 0) is 25.8 Å². The summed E-state index contributed by atoms with van der Waals surface area (Å²) >= 11 is 3.00. The Kier molecular flexibility index (Phi) is 5.90. The number of hydrogen-bond acceptors (Lipinski definition) is 10. The second-order valence-electron chi connectivity index (χ2n) is 7.67. The molecule has 0 radical (unpaired) electrons. The molecule has 14 heteroatoms. The van der Waals surface area contributed by atoms with Crippen molar-refractivity contribution in [3.8, 4) is 0 Å². The van der Waals surface area contributed by atoms with Crippen LogP contribution in [0.3, 0.4) is 0 Å². The number of carboxylic acids is 1. The number of hydrogen-bond donors (Lipinski definition) is 3. The molecule has 0 bridgehead atoms. The lowest BCUT2D eigenvalue weighted by Crippen LogP contribution is -2.71. The van der Waals surface area contributed by atoms with Gasteiger partial charge in [-0.2, -0.15) is 4.98 Å². The van der Waals surface area contributed by atoms with Crippen LogP contribution in [-0.4, -0.2) is 62.8 Å². The van der Waals surface area contributed by atoms with Crippen LogP contribution in [0.5, 0.6) is 0 Å². The van der Waals surface area contributed by atoms with Crippen LogP contribution in [0.4, 0.5) is 6.01 Å². The van der Waals surface area contributed by atoms with Crippen LogP contribution in [0.15, 0.2) is 57.0 Å². The predicted molar refractivity (Wildman–Crippen MR) is 126 cm³/mol. The third-order valence-corrected chi connectivity index (χ3v) is 7.76. The molecule has 2 amide bonds. The Balaban J connectivity index is 1.36. The van der Waals surface area contributed by atoms with E-state index in [2.05, 4.69) is 15.5 Å². The zero-order chi connectivity index (χ0) is 24.7. The Morgan fingerprint density at radius 1 is 1.46 bits per heavy atom. The fourth-order valence-electron chi connectivity index (χ4n) is 3.98. The van der Waals surface area contributed by atoms with Crippen LogP contribution in [0.25, 0.3) is 10.1 Å². The topological polar surface area (TPSA) is 164 Å². The Bertz CT molecular complexity index is 1410. The maximum Gasteiger partial charge on any atom is 0.352 e. The van der Waals surface area contributed by atoms with E-state index in [0.29, 0.717) is 17.9 Å². The fourth-order valence-corrected chi connectivity index (χ4v) is 6.08. The van der Waals surface area contributed by atoms with E-state index in [1.165, 1.54) is 23.8 Å². The number of carbonyl (C=O) groups excluding carboxylic acids is 2. The number of oxime groups is 1. The predicted octanol–water partition coefficient (Wildman–Crippen LogP) is 0.548. The van der Waals surface area contributed by atoms with Gasteiger partial charge in [0.25, 0.3) is 17.8 Å². The van der Waals surface area contributed by atoms with Crippen molar-refractivity contribution in [2.45, 2.75) is 18.0 Å². The van der Waals surface area contributed by atoms with E-state index >= 15 is 0 Å². The number of oxazole rings is 1. The highest BCUT2D eigenvalue weighted by molar-refractivity contribution is 8.00. The minimum absolute atomic E-state index is 0.0369. The third-order valence-electron chi connectivity index (χ3n) is 5.52. The Hall–Kier alpha value is -3.91. The number of aromatic nitrogens is 2. The van der Waals surface area contributed by atoms with Crippen molar-refractivity contribution in [3.63, 3.8) is 0 Å². The van der Waals surface area contributed by atoms with Crippen LogP contribution in [0.2, 0.25) is 0 Å². The summed E-state index contributed by atoms with van der Waals surface area (Å²) in [5.74, 6) is -2.07. The van der Waals surface area contributed by atoms with E-state index in [9.17, 15) is 19.5 Å². The average molecular weight is 516 g/mol. The van der Waals surface area contributed by atoms with Crippen LogP contribution < -0.4 is 15.6 Å². The van der Waals surface area contributed by atoms with E-state index in [-0.39, 0.29) is 23.1 Å². The number of pyridine rings is 1. The van der Waals surface area contributed by atoms with E-state index in [0.717, 1.165) is 16.3 Å². The minimum Gasteiger partial charge on any atom is -0.477 e. The van der Waals surface area contributed by atoms with Crippen molar-refractivity contribution in [3.05, 3.63) is 53.1 Å². The first kappa shape index (κ1) is 22.9. The van der Waals surface area contributed by atoms with Crippen LogP contribution >= 0.6 is 23.1 Å². The van der Waals surface area contributed by atoms with Gasteiger partial charge < -0.3 is 25.4 Å². The molecule has 0 aromatic carbocycles. The largest absolute Gasteiger partial charge is 0.477 e. The van der Waals surface area contributed by atoms with E-state index in [1.807, 2.05) is 34.5 Å². The highest BCUT2D eigenvalue weighted by atomic mass is 32.2. The Morgan fingerprint density at radius 3 is 3.00 bits per heavy atom. The van der Waals surface area contributed by atoms with Crippen molar-refractivity contribution in [2.24, 2.45) is 5.16 Å². The van der Waals surface area contributed by atoms with Gasteiger partial charge in [0.2, 0.25) is 0 Å².